The minimum atomic E-state index is -0.0176. The zero-order valence-electron chi connectivity index (χ0n) is 13.1. The second-order valence-electron chi connectivity index (χ2n) is 6.41. The van der Waals surface area contributed by atoms with Gasteiger partial charge < -0.3 is 11.1 Å². The summed E-state index contributed by atoms with van der Waals surface area (Å²) in [6, 6.07) is 0.330. The number of nitrogens with one attached hydrogen (secondary N) is 1. The molecule has 21 heavy (non-hydrogen) atoms. The van der Waals surface area contributed by atoms with Gasteiger partial charge in [0, 0.05) is 17.8 Å². The Hall–Kier alpha value is -0.940. The molecule has 1 aliphatic carbocycles. The molecule has 1 heterocycles. The summed E-state index contributed by atoms with van der Waals surface area (Å²) in [5.41, 5.74) is 6.07. The Labute approximate surface area is 131 Å². The number of thiazole rings is 1. The number of carbonyl (C=O) groups excluding carboxylic acids is 1. The molecule has 0 radical (unpaired) electrons. The number of carbonyl (C=O) groups is 1. The molecule has 1 aromatic heterocycles. The molecule has 1 aliphatic rings. The SMILES string of the molecule is CC(C)CCC1CCCC1NC(=O)c1csc(CCN)n1. The number of rotatable bonds is 7. The molecule has 0 saturated heterocycles. The third kappa shape index (κ3) is 4.78. The van der Waals surface area contributed by atoms with Gasteiger partial charge in [0.2, 0.25) is 0 Å². The molecule has 1 saturated carbocycles. The van der Waals surface area contributed by atoms with E-state index in [0.717, 1.165) is 23.8 Å². The lowest BCUT2D eigenvalue weighted by Crippen LogP contribution is -2.37. The third-order valence-corrected chi connectivity index (χ3v) is 5.14. The molecule has 0 aromatic carbocycles. The van der Waals surface area contributed by atoms with E-state index >= 15 is 0 Å². The lowest BCUT2D eigenvalue weighted by atomic mass is 9.93. The summed E-state index contributed by atoms with van der Waals surface area (Å²) in [7, 11) is 0. The van der Waals surface area contributed by atoms with Crippen molar-refractivity contribution in [2.75, 3.05) is 6.54 Å². The predicted molar refractivity (Wildman–Crippen MR) is 87.5 cm³/mol. The minimum absolute atomic E-state index is 0.0176. The van der Waals surface area contributed by atoms with Crippen LogP contribution in [0.2, 0.25) is 0 Å². The molecule has 0 spiro atoms. The van der Waals surface area contributed by atoms with E-state index in [1.165, 1.54) is 37.0 Å². The van der Waals surface area contributed by atoms with Gasteiger partial charge in [-0.1, -0.05) is 26.7 Å². The first kappa shape index (κ1) is 16.4. The van der Waals surface area contributed by atoms with Gasteiger partial charge in [0.1, 0.15) is 5.69 Å². The average Bonchev–Trinajstić information content (AvgIpc) is 3.06. The lowest BCUT2D eigenvalue weighted by Gasteiger charge is -2.21. The molecule has 1 fully saturated rings. The Kier molecular flexibility index (Phi) is 6.18. The van der Waals surface area contributed by atoms with Crippen molar-refractivity contribution < 1.29 is 4.79 Å². The van der Waals surface area contributed by atoms with E-state index in [1.807, 2.05) is 5.38 Å². The summed E-state index contributed by atoms with van der Waals surface area (Å²) in [5.74, 6) is 1.36. The van der Waals surface area contributed by atoms with Crippen LogP contribution in [0.3, 0.4) is 0 Å². The topological polar surface area (TPSA) is 68.0 Å². The molecule has 1 aromatic rings. The zero-order chi connectivity index (χ0) is 15.2. The number of amides is 1. The van der Waals surface area contributed by atoms with Crippen LogP contribution in [0, 0.1) is 11.8 Å². The van der Waals surface area contributed by atoms with E-state index in [2.05, 4.69) is 24.1 Å². The monoisotopic (exact) mass is 309 g/mol. The highest BCUT2D eigenvalue weighted by molar-refractivity contribution is 7.09. The molecule has 1 amide bonds. The smallest absolute Gasteiger partial charge is 0.270 e. The first-order valence-electron chi connectivity index (χ1n) is 8.05. The summed E-state index contributed by atoms with van der Waals surface area (Å²) in [5, 5.41) is 5.99. The van der Waals surface area contributed by atoms with Crippen LogP contribution in [-0.4, -0.2) is 23.5 Å². The first-order valence-corrected chi connectivity index (χ1v) is 8.93. The summed E-state index contributed by atoms with van der Waals surface area (Å²) >= 11 is 1.52. The van der Waals surface area contributed by atoms with Crippen molar-refractivity contribution in [3.05, 3.63) is 16.1 Å². The van der Waals surface area contributed by atoms with Crippen molar-refractivity contribution in [1.29, 1.82) is 0 Å². The molecule has 2 rings (SSSR count). The molecule has 2 unspecified atom stereocenters. The van der Waals surface area contributed by atoms with E-state index in [9.17, 15) is 4.79 Å². The van der Waals surface area contributed by atoms with E-state index in [4.69, 9.17) is 5.73 Å². The van der Waals surface area contributed by atoms with Crippen molar-refractivity contribution in [2.45, 2.75) is 58.4 Å². The van der Waals surface area contributed by atoms with Gasteiger partial charge >= 0.3 is 0 Å². The normalized spacial score (nSPS) is 21.9. The molecular weight excluding hydrogens is 282 g/mol. The maximum absolute atomic E-state index is 12.3. The first-order chi connectivity index (χ1) is 10.1. The van der Waals surface area contributed by atoms with Crippen LogP contribution in [0.25, 0.3) is 0 Å². The Balaban J connectivity index is 1.88. The van der Waals surface area contributed by atoms with E-state index in [-0.39, 0.29) is 5.91 Å². The quantitative estimate of drug-likeness (QED) is 0.813. The Morgan fingerprint density at radius 3 is 3.05 bits per heavy atom. The summed E-state index contributed by atoms with van der Waals surface area (Å²) < 4.78 is 0. The van der Waals surface area contributed by atoms with Crippen LogP contribution in [0.5, 0.6) is 0 Å². The van der Waals surface area contributed by atoms with Gasteiger partial charge in [0.15, 0.2) is 0 Å². The third-order valence-electron chi connectivity index (χ3n) is 4.23. The van der Waals surface area contributed by atoms with Crippen LogP contribution in [0.15, 0.2) is 5.38 Å². The zero-order valence-corrected chi connectivity index (χ0v) is 13.9. The Morgan fingerprint density at radius 2 is 2.33 bits per heavy atom. The van der Waals surface area contributed by atoms with Crippen LogP contribution < -0.4 is 11.1 Å². The highest BCUT2D eigenvalue weighted by Gasteiger charge is 2.29. The molecule has 5 heteroatoms. The van der Waals surface area contributed by atoms with Crippen LogP contribution in [0.4, 0.5) is 0 Å². The van der Waals surface area contributed by atoms with Gasteiger partial charge in [-0.25, -0.2) is 4.98 Å². The number of nitrogens with zero attached hydrogens (tertiary/aromatic N) is 1. The van der Waals surface area contributed by atoms with Gasteiger partial charge in [-0.05, 0) is 37.6 Å². The second-order valence-corrected chi connectivity index (χ2v) is 7.35. The Morgan fingerprint density at radius 1 is 1.52 bits per heavy atom. The van der Waals surface area contributed by atoms with Crippen molar-refractivity contribution in [2.24, 2.45) is 17.6 Å². The lowest BCUT2D eigenvalue weighted by molar-refractivity contribution is 0.0921. The average molecular weight is 309 g/mol. The summed E-state index contributed by atoms with van der Waals surface area (Å²) in [6.45, 7) is 5.10. The number of aromatic nitrogens is 1. The summed E-state index contributed by atoms with van der Waals surface area (Å²) in [6.07, 6.45) is 6.79. The minimum Gasteiger partial charge on any atom is -0.348 e. The highest BCUT2D eigenvalue weighted by Crippen LogP contribution is 2.30. The highest BCUT2D eigenvalue weighted by atomic mass is 32.1. The molecule has 3 N–H and O–H groups in total. The summed E-state index contributed by atoms with van der Waals surface area (Å²) in [4.78, 5) is 16.7. The van der Waals surface area contributed by atoms with Gasteiger partial charge in [-0.3, -0.25) is 4.79 Å². The molecule has 118 valence electrons. The van der Waals surface area contributed by atoms with Gasteiger partial charge in [0.25, 0.3) is 5.91 Å². The predicted octanol–water partition coefficient (Wildman–Crippen LogP) is 2.98. The molecule has 4 nitrogen and oxygen atoms in total. The molecule has 0 aliphatic heterocycles. The van der Waals surface area contributed by atoms with Crippen molar-refractivity contribution in [3.8, 4) is 0 Å². The van der Waals surface area contributed by atoms with E-state index < -0.39 is 0 Å². The second kappa shape index (κ2) is 7.90. The fourth-order valence-electron chi connectivity index (χ4n) is 3.02. The molecular formula is C16H27N3OS. The van der Waals surface area contributed by atoms with Crippen molar-refractivity contribution >= 4 is 17.2 Å². The van der Waals surface area contributed by atoms with Gasteiger partial charge in [-0.2, -0.15) is 0 Å². The van der Waals surface area contributed by atoms with Crippen molar-refractivity contribution in [1.82, 2.24) is 10.3 Å². The fraction of sp³-hybridized carbons (Fsp3) is 0.750. The molecule has 0 bridgehead atoms. The van der Waals surface area contributed by atoms with Gasteiger partial charge in [0.05, 0.1) is 5.01 Å². The fourth-order valence-corrected chi connectivity index (χ4v) is 3.81. The molecule has 2 atom stereocenters. The van der Waals surface area contributed by atoms with E-state index in [1.54, 1.807) is 0 Å². The van der Waals surface area contributed by atoms with Crippen LogP contribution >= 0.6 is 11.3 Å². The number of hydrogen-bond donors (Lipinski definition) is 2. The standard InChI is InChI=1S/C16H27N3OS/c1-11(2)6-7-12-4-3-5-13(12)19-16(20)14-10-21-15(18-14)8-9-17/h10-13H,3-9,17H2,1-2H3,(H,19,20). The maximum Gasteiger partial charge on any atom is 0.270 e. The maximum atomic E-state index is 12.3. The largest absolute Gasteiger partial charge is 0.348 e. The van der Waals surface area contributed by atoms with Crippen LogP contribution in [-0.2, 0) is 6.42 Å². The van der Waals surface area contributed by atoms with Crippen molar-refractivity contribution in [3.63, 3.8) is 0 Å². The number of nitrogens with two attached hydrogens (primary N) is 1. The number of hydrogen-bond acceptors (Lipinski definition) is 4. The van der Waals surface area contributed by atoms with Gasteiger partial charge in [-0.15, -0.1) is 11.3 Å². The van der Waals surface area contributed by atoms with Crippen LogP contribution in [0.1, 0.15) is 61.4 Å². The Bertz CT molecular complexity index is 458. The van der Waals surface area contributed by atoms with E-state index in [0.29, 0.717) is 24.2 Å².